The molecule has 1 atom stereocenters. The average Bonchev–Trinajstić information content (AvgIpc) is 3.15. The van der Waals surface area contributed by atoms with Gasteiger partial charge in [-0.05, 0) is 29.5 Å². The van der Waals surface area contributed by atoms with Crippen LogP contribution in [0.4, 0.5) is 0 Å². The van der Waals surface area contributed by atoms with Crippen LogP contribution in [-0.2, 0) is 22.6 Å². The highest BCUT2D eigenvalue weighted by molar-refractivity contribution is 7.10. The summed E-state index contributed by atoms with van der Waals surface area (Å²) in [4.78, 5) is 12.7. The fourth-order valence-electron chi connectivity index (χ4n) is 2.25. The number of hydrogen-bond acceptors (Lipinski definition) is 4. The number of carbonyl (C=O) groups is 1. The van der Waals surface area contributed by atoms with Crippen molar-refractivity contribution in [2.75, 3.05) is 7.11 Å². The standard InChI is InChI=1S/C16H22N2O2S/c1-3-7-18-8-6-13(12-18)11-17-14(10-16(19)20-2)15-5-4-9-21-15/h4-6,8-9,12,14,17H,3,7,10-11H2,1-2H3. The third kappa shape index (κ3) is 4.72. The summed E-state index contributed by atoms with van der Waals surface area (Å²) < 4.78 is 6.98. The fourth-order valence-corrected chi connectivity index (χ4v) is 3.05. The van der Waals surface area contributed by atoms with Crippen molar-refractivity contribution < 1.29 is 9.53 Å². The lowest BCUT2D eigenvalue weighted by Gasteiger charge is -2.16. The highest BCUT2D eigenvalue weighted by Gasteiger charge is 2.17. The van der Waals surface area contributed by atoms with Crippen LogP contribution in [0.2, 0.25) is 0 Å². The number of esters is 1. The molecule has 2 aromatic rings. The zero-order valence-corrected chi connectivity index (χ0v) is 13.4. The molecule has 21 heavy (non-hydrogen) atoms. The van der Waals surface area contributed by atoms with Crippen LogP contribution in [0.25, 0.3) is 0 Å². The van der Waals surface area contributed by atoms with E-state index in [2.05, 4.69) is 35.3 Å². The van der Waals surface area contributed by atoms with E-state index >= 15 is 0 Å². The molecule has 5 heteroatoms. The van der Waals surface area contributed by atoms with Gasteiger partial charge in [0.2, 0.25) is 0 Å². The lowest BCUT2D eigenvalue weighted by atomic mass is 10.1. The van der Waals surface area contributed by atoms with Gasteiger partial charge >= 0.3 is 5.97 Å². The Hall–Kier alpha value is -1.59. The molecule has 2 rings (SSSR count). The van der Waals surface area contributed by atoms with Gasteiger partial charge in [0.15, 0.2) is 0 Å². The molecule has 0 bridgehead atoms. The third-order valence-electron chi connectivity index (χ3n) is 3.33. The zero-order valence-electron chi connectivity index (χ0n) is 12.5. The minimum absolute atomic E-state index is 0.00646. The predicted octanol–water partition coefficient (Wildman–Crippen LogP) is 3.35. The van der Waals surface area contributed by atoms with Crippen LogP contribution in [0.1, 0.15) is 36.2 Å². The minimum Gasteiger partial charge on any atom is -0.469 e. The lowest BCUT2D eigenvalue weighted by molar-refractivity contribution is -0.141. The summed E-state index contributed by atoms with van der Waals surface area (Å²) in [5.41, 5.74) is 1.23. The number of ether oxygens (including phenoxy) is 1. The lowest BCUT2D eigenvalue weighted by Crippen LogP contribution is -2.23. The van der Waals surface area contributed by atoms with Crippen molar-refractivity contribution >= 4 is 17.3 Å². The summed E-state index contributed by atoms with van der Waals surface area (Å²) in [5, 5.41) is 5.48. The Morgan fingerprint density at radius 1 is 1.48 bits per heavy atom. The molecule has 0 aliphatic carbocycles. The molecule has 0 aliphatic heterocycles. The van der Waals surface area contributed by atoms with E-state index in [1.54, 1.807) is 11.3 Å². The topological polar surface area (TPSA) is 43.3 Å². The van der Waals surface area contributed by atoms with E-state index in [0.717, 1.165) is 24.4 Å². The van der Waals surface area contributed by atoms with Gasteiger partial charge in [-0.25, -0.2) is 0 Å². The molecule has 1 N–H and O–H groups in total. The van der Waals surface area contributed by atoms with Crippen molar-refractivity contribution in [1.82, 2.24) is 9.88 Å². The summed E-state index contributed by atoms with van der Waals surface area (Å²) >= 11 is 1.66. The van der Waals surface area contributed by atoms with Gasteiger partial charge in [0.25, 0.3) is 0 Å². The quantitative estimate of drug-likeness (QED) is 0.761. The first-order valence-electron chi connectivity index (χ1n) is 7.21. The van der Waals surface area contributed by atoms with Gasteiger partial charge in [-0.1, -0.05) is 13.0 Å². The van der Waals surface area contributed by atoms with Crippen molar-refractivity contribution in [3.63, 3.8) is 0 Å². The normalized spacial score (nSPS) is 12.3. The Morgan fingerprint density at radius 2 is 2.33 bits per heavy atom. The Kier molecular flexibility index (Phi) is 6.02. The number of nitrogens with zero attached hydrogens (tertiary/aromatic N) is 1. The molecule has 2 aromatic heterocycles. The molecule has 0 aromatic carbocycles. The first-order valence-corrected chi connectivity index (χ1v) is 8.09. The molecule has 0 amide bonds. The molecule has 4 nitrogen and oxygen atoms in total. The second-order valence-electron chi connectivity index (χ2n) is 4.99. The summed E-state index contributed by atoms with van der Waals surface area (Å²) in [7, 11) is 1.43. The molecule has 1 unspecified atom stereocenters. The van der Waals surface area contributed by atoms with Gasteiger partial charge in [-0.15, -0.1) is 11.3 Å². The maximum absolute atomic E-state index is 11.6. The molecule has 0 saturated heterocycles. The molecule has 2 heterocycles. The van der Waals surface area contributed by atoms with E-state index in [-0.39, 0.29) is 12.0 Å². The van der Waals surface area contributed by atoms with E-state index in [0.29, 0.717) is 6.42 Å². The number of aryl methyl sites for hydroxylation is 1. The van der Waals surface area contributed by atoms with Crippen LogP contribution >= 0.6 is 11.3 Å². The molecule has 0 spiro atoms. The Labute approximate surface area is 129 Å². The zero-order chi connectivity index (χ0) is 15.1. The predicted molar refractivity (Wildman–Crippen MR) is 85.3 cm³/mol. The van der Waals surface area contributed by atoms with Crippen LogP contribution in [0.3, 0.4) is 0 Å². The van der Waals surface area contributed by atoms with Crippen LogP contribution in [0.5, 0.6) is 0 Å². The molecule has 0 fully saturated rings. The van der Waals surface area contributed by atoms with Crippen molar-refractivity contribution in [3.8, 4) is 0 Å². The molecule has 0 aliphatic rings. The molecule has 114 valence electrons. The number of nitrogens with one attached hydrogen (secondary N) is 1. The number of carbonyl (C=O) groups excluding carboxylic acids is 1. The van der Waals surface area contributed by atoms with Crippen molar-refractivity contribution in [1.29, 1.82) is 0 Å². The number of rotatable bonds is 8. The third-order valence-corrected chi connectivity index (χ3v) is 4.32. The van der Waals surface area contributed by atoms with Crippen LogP contribution < -0.4 is 5.32 Å². The maximum atomic E-state index is 11.6. The smallest absolute Gasteiger partial charge is 0.307 e. The Morgan fingerprint density at radius 3 is 3.00 bits per heavy atom. The molecule has 0 saturated carbocycles. The molecule has 0 radical (unpaired) electrons. The molecular formula is C16H22N2O2S. The minimum atomic E-state index is -0.190. The average molecular weight is 306 g/mol. The van der Waals surface area contributed by atoms with E-state index in [1.807, 2.05) is 17.5 Å². The maximum Gasteiger partial charge on any atom is 0.307 e. The van der Waals surface area contributed by atoms with E-state index in [1.165, 1.54) is 12.7 Å². The van der Waals surface area contributed by atoms with Crippen LogP contribution in [0.15, 0.2) is 36.0 Å². The van der Waals surface area contributed by atoms with Gasteiger partial charge in [0, 0.05) is 30.4 Å². The molecular weight excluding hydrogens is 284 g/mol. The summed E-state index contributed by atoms with van der Waals surface area (Å²) in [5.74, 6) is -0.190. The SMILES string of the molecule is CCCn1ccc(CNC(CC(=O)OC)c2cccs2)c1. The summed E-state index contributed by atoms with van der Waals surface area (Å²) in [6.07, 6.45) is 5.73. The van der Waals surface area contributed by atoms with Crippen molar-refractivity contribution in [2.45, 2.75) is 38.9 Å². The fraction of sp³-hybridized carbons (Fsp3) is 0.438. The summed E-state index contributed by atoms with van der Waals surface area (Å²) in [6, 6.07) is 6.18. The first kappa shape index (κ1) is 15.8. The Balaban J connectivity index is 1.96. The van der Waals surface area contributed by atoms with Crippen molar-refractivity contribution in [2.24, 2.45) is 0 Å². The number of aromatic nitrogens is 1. The van der Waals surface area contributed by atoms with Crippen LogP contribution in [-0.4, -0.2) is 17.6 Å². The van der Waals surface area contributed by atoms with E-state index in [4.69, 9.17) is 4.74 Å². The first-order chi connectivity index (χ1) is 10.2. The number of methoxy groups -OCH3 is 1. The van der Waals surface area contributed by atoms with Crippen LogP contribution in [0, 0.1) is 0 Å². The van der Waals surface area contributed by atoms with E-state index in [9.17, 15) is 4.79 Å². The number of thiophene rings is 1. The van der Waals surface area contributed by atoms with Gasteiger partial charge < -0.3 is 14.6 Å². The number of hydrogen-bond donors (Lipinski definition) is 1. The monoisotopic (exact) mass is 306 g/mol. The summed E-state index contributed by atoms with van der Waals surface area (Å²) in [6.45, 7) is 3.95. The second kappa shape index (κ2) is 8.00. The van der Waals surface area contributed by atoms with Crippen molar-refractivity contribution in [3.05, 3.63) is 46.4 Å². The highest BCUT2D eigenvalue weighted by Crippen LogP contribution is 2.23. The van der Waals surface area contributed by atoms with E-state index < -0.39 is 0 Å². The largest absolute Gasteiger partial charge is 0.469 e. The van der Waals surface area contributed by atoms with Gasteiger partial charge in [-0.2, -0.15) is 0 Å². The second-order valence-corrected chi connectivity index (χ2v) is 5.97. The Bertz CT molecular complexity index is 548. The van der Waals surface area contributed by atoms with Gasteiger partial charge in [-0.3, -0.25) is 4.79 Å². The highest BCUT2D eigenvalue weighted by atomic mass is 32.1. The van der Waals surface area contributed by atoms with Gasteiger partial charge in [0.1, 0.15) is 0 Å². The van der Waals surface area contributed by atoms with Gasteiger partial charge in [0.05, 0.1) is 19.6 Å².